The second-order valence-electron chi connectivity index (χ2n) is 6.00. The van der Waals surface area contributed by atoms with Gasteiger partial charge in [0.05, 0.1) is 0 Å². The maximum absolute atomic E-state index is 6.07. The monoisotopic (exact) mass is 246 g/mol. The zero-order chi connectivity index (χ0) is 13.2. The highest BCUT2D eigenvalue weighted by atomic mass is 15.1. The Balaban J connectivity index is 2.15. The lowest BCUT2D eigenvalue weighted by atomic mass is 9.78. The van der Waals surface area contributed by atoms with E-state index in [1.807, 2.05) is 0 Å². The standard InChI is InChI=1S/C16H26N2/c1-4-16(3)9-11-18(12-10-16)15-8-6-5-7-14(15)13(2)17/h5-8,13H,4,9-12,17H2,1-3H3/t13-/m1/s1. The molecule has 2 N–H and O–H groups in total. The molecule has 1 aromatic carbocycles. The molecule has 2 rings (SSSR count). The van der Waals surface area contributed by atoms with Gasteiger partial charge in [-0.15, -0.1) is 0 Å². The molecule has 2 heteroatoms. The maximum atomic E-state index is 6.07. The second-order valence-corrected chi connectivity index (χ2v) is 6.00. The molecule has 0 bridgehead atoms. The van der Waals surface area contributed by atoms with Crippen LogP contribution in [0.4, 0.5) is 5.69 Å². The first-order valence-electron chi connectivity index (χ1n) is 7.15. The molecule has 0 radical (unpaired) electrons. The van der Waals surface area contributed by atoms with E-state index in [4.69, 9.17) is 5.73 Å². The highest BCUT2D eigenvalue weighted by Gasteiger charge is 2.29. The predicted molar refractivity (Wildman–Crippen MR) is 78.9 cm³/mol. The van der Waals surface area contributed by atoms with Crippen molar-refractivity contribution in [1.29, 1.82) is 0 Å². The Morgan fingerprint density at radius 3 is 2.44 bits per heavy atom. The van der Waals surface area contributed by atoms with Crippen LogP contribution in [0, 0.1) is 5.41 Å². The van der Waals surface area contributed by atoms with Crippen molar-refractivity contribution in [3.05, 3.63) is 29.8 Å². The summed E-state index contributed by atoms with van der Waals surface area (Å²) < 4.78 is 0. The molecule has 1 atom stereocenters. The van der Waals surface area contributed by atoms with Crippen molar-refractivity contribution in [2.24, 2.45) is 11.1 Å². The van der Waals surface area contributed by atoms with Crippen molar-refractivity contribution in [3.8, 4) is 0 Å². The lowest BCUT2D eigenvalue weighted by molar-refractivity contribution is 0.238. The molecule has 0 amide bonds. The van der Waals surface area contributed by atoms with Crippen LogP contribution >= 0.6 is 0 Å². The van der Waals surface area contributed by atoms with E-state index < -0.39 is 0 Å². The third kappa shape index (κ3) is 2.69. The number of benzene rings is 1. The summed E-state index contributed by atoms with van der Waals surface area (Å²) in [6, 6.07) is 8.69. The van der Waals surface area contributed by atoms with Crippen LogP contribution < -0.4 is 10.6 Å². The third-order valence-corrected chi connectivity index (χ3v) is 4.59. The lowest BCUT2D eigenvalue weighted by Crippen LogP contribution is -2.39. The Morgan fingerprint density at radius 1 is 1.28 bits per heavy atom. The quantitative estimate of drug-likeness (QED) is 0.880. The molecule has 0 unspecified atom stereocenters. The van der Waals surface area contributed by atoms with Gasteiger partial charge in [0.25, 0.3) is 0 Å². The molecule has 0 spiro atoms. The Bertz CT molecular complexity index is 390. The van der Waals surface area contributed by atoms with Crippen LogP contribution in [0.15, 0.2) is 24.3 Å². The Labute approximate surface area is 111 Å². The first-order valence-corrected chi connectivity index (χ1v) is 7.15. The molecule has 0 aliphatic carbocycles. The predicted octanol–water partition coefficient (Wildman–Crippen LogP) is 3.72. The number of hydrogen-bond acceptors (Lipinski definition) is 2. The van der Waals surface area contributed by atoms with Crippen molar-refractivity contribution < 1.29 is 0 Å². The van der Waals surface area contributed by atoms with Gasteiger partial charge < -0.3 is 10.6 Å². The molecule has 1 saturated heterocycles. The van der Waals surface area contributed by atoms with E-state index in [-0.39, 0.29) is 6.04 Å². The minimum absolute atomic E-state index is 0.112. The zero-order valence-electron chi connectivity index (χ0n) is 11.9. The lowest BCUT2D eigenvalue weighted by Gasteiger charge is -2.41. The van der Waals surface area contributed by atoms with Gasteiger partial charge in [0.1, 0.15) is 0 Å². The van der Waals surface area contributed by atoms with E-state index in [1.165, 1.54) is 30.5 Å². The van der Waals surface area contributed by atoms with Gasteiger partial charge in [0, 0.05) is 24.8 Å². The minimum Gasteiger partial charge on any atom is -0.371 e. The Kier molecular flexibility index (Phi) is 3.96. The highest BCUT2D eigenvalue weighted by molar-refractivity contribution is 5.55. The first-order chi connectivity index (χ1) is 8.56. The molecule has 18 heavy (non-hydrogen) atoms. The summed E-state index contributed by atoms with van der Waals surface area (Å²) in [5.41, 5.74) is 9.23. The van der Waals surface area contributed by atoms with Crippen LogP contribution in [-0.4, -0.2) is 13.1 Å². The molecule has 1 fully saturated rings. The average molecular weight is 246 g/mol. The number of piperidine rings is 1. The molecule has 0 aromatic heterocycles. The van der Waals surface area contributed by atoms with Crippen LogP contribution in [-0.2, 0) is 0 Å². The summed E-state index contributed by atoms with van der Waals surface area (Å²) in [6.45, 7) is 9.12. The van der Waals surface area contributed by atoms with Crippen LogP contribution in [0.5, 0.6) is 0 Å². The fraction of sp³-hybridized carbons (Fsp3) is 0.625. The van der Waals surface area contributed by atoms with Gasteiger partial charge in [-0.1, -0.05) is 38.5 Å². The summed E-state index contributed by atoms with van der Waals surface area (Å²) in [7, 11) is 0. The number of anilines is 1. The molecular formula is C16H26N2. The van der Waals surface area contributed by atoms with E-state index in [0.717, 1.165) is 13.1 Å². The Morgan fingerprint density at radius 2 is 1.89 bits per heavy atom. The Hall–Kier alpha value is -1.02. The van der Waals surface area contributed by atoms with E-state index in [1.54, 1.807) is 0 Å². The van der Waals surface area contributed by atoms with Crippen molar-refractivity contribution in [2.45, 2.75) is 46.1 Å². The van der Waals surface area contributed by atoms with Crippen LogP contribution in [0.25, 0.3) is 0 Å². The number of para-hydroxylation sites is 1. The van der Waals surface area contributed by atoms with Crippen molar-refractivity contribution >= 4 is 5.69 Å². The summed E-state index contributed by atoms with van der Waals surface area (Å²) in [4.78, 5) is 2.51. The van der Waals surface area contributed by atoms with Crippen LogP contribution in [0.1, 0.15) is 51.6 Å². The molecule has 1 aliphatic rings. The van der Waals surface area contributed by atoms with Gasteiger partial charge in [-0.3, -0.25) is 0 Å². The maximum Gasteiger partial charge on any atom is 0.0414 e. The van der Waals surface area contributed by atoms with Gasteiger partial charge in [0.2, 0.25) is 0 Å². The van der Waals surface area contributed by atoms with Gasteiger partial charge in [-0.25, -0.2) is 0 Å². The highest BCUT2D eigenvalue weighted by Crippen LogP contribution is 2.37. The normalized spacial score (nSPS) is 20.8. The fourth-order valence-electron chi connectivity index (χ4n) is 2.80. The van der Waals surface area contributed by atoms with Gasteiger partial charge in [-0.2, -0.15) is 0 Å². The number of rotatable bonds is 3. The number of hydrogen-bond donors (Lipinski definition) is 1. The molecule has 1 aromatic rings. The third-order valence-electron chi connectivity index (χ3n) is 4.59. The summed E-state index contributed by atoms with van der Waals surface area (Å²) in [5, 5.41) is 0. The van der Waals surface area contributed by atoms with E-state index in [2.05, 4.69) is 49.9 Å². The molecule has 2 nitrogen and oxygen atoms in total. The fourth-order valence-corrected chi connectivity index (χ4v) is 2.80. The molecule has 1 heterocycles. The smallest absolute Gasteiger partial charge is 0.0414 e. The summed E-state index contributed by atoms with van der Waals surface area (Å²) in [5.74, 6) is 0. The van der Waals surface area contributed by atoms with Crippen LogP contribution in [0.2, 0.25) is 0 Å². The largest absolute Gasteiger partial charge is 0.371 e. The summed E-state index contributed by atoms with van der Waals surface area (Å²) in [6.07, 6.45) is 3.86. The van der Waals surface area contributed by atoms with E-state index in [9.17, 15) is 0 Å². The first kappa shape index (κ1) is 13.4. The van der Waals surface area contributed by atoms with E-state index in [0.29, 0.717) is 5.41 Å². The van der Waals surface area contributed by atoms with Crippen LogP contribution in [0.3, 0.4) is 0 Å². The molecule has 0 saturated carbocycles. The number of nitrogens with two attached hydrogens (primary N) is 1. The number of nitrogens with zero attached hydrogens (tertiary/aromatic N) is 1. The molecule has 1 aliphatic heterocycles. The van der Waals surface area contributed by atoms with Gasteiger partial charge >= 0.3 is 0 Å². The minimum atomic E-state index is 0.112. The van der Waals surface area contributed by atoms with Crippen molar-refractivity contribution in [2.75, 3.05) is 18.0 Å². The van der Waals surface area contributed by atoms with Gasteiger partial charge in [0.15, 0.2) is 0 Å². The topological polar surface area (TPSA) is 29.3 Å². The van der Waals surface area contributed by atoms with Crippen molar-refractivity contribution in [1.82, 2.24) is 0 Å². The van der Waals surface area contributed by atoms with Gasteiger partial charge in [-0.05, 0) is 36.8 Å². The molecule has 100 valence electrons. The van der Waals surface area contributed by atoms with Crippen molar-refractivity contribution in [3.63, 3.8) is 0 Å². The second kappa shape index (κ2) is 5.31. The average Bonchev–Trinajstić information content (AvgIpc) is 2.39. The molecular weight excluding hydrogens is 220 g/mol. The zero-order valence-corrected chi connectivity index (χ0v) is 11.9. The van der Waals surface area contributed by atoms with E-state index >= 15 is 0 Å². The SMILES string of the molecule is CCC1(C)CCN(c2ccccc2[C@@H](C)N)CC1. The summed E-state index contributed by atoms with van der Waals surface area (Å²) >= 11 is 0.